The third kappa shape index (κ3) is 4.31. The molecule has 0 bridgehead atoms. The third-order valence-corrected chi connectivity index (χ3v) is 2.95. The van der Waals surface area contributed by atoms with Gasteiger partial charge in [0.1, 0.15) is 0 Å². The van der Waals surface area contributed by atoms with Crippen molar-refractivity contribution >= 4 is 6.01 Å². The lowest BCUT2D eigenvalue weighted by atomic mass is 10.2. The summed E-state index contributed by atoms with van der Waals surface area (Å²) in [4.78, 5) is 3.99. The van der Waals surface area contributed by atoms with Gasteiger partial charge in [0.05, 0.1) is 6.04 Å². The maximum atomic E-state index is 5.57. The molecule has 6 heteroatoms. The highest BCUT2D eigenvalue weighted by atomic mass is 16.4. The molecule has 0 aromatic carbocycles. The summed E-state index contributed by atoms with van der Waals surface area (Å²) < 4.78 is 5.57. The summed E-state index contributed by atoms with van der Waals surface area (Å²) in [5, 5.41) is 14.5. The van der Waals surface area contributed by atoms with Crippen LogP contribution >= 0.6 is 0 Å². The van der Waals surface area contributed by atoms with Gasteiger partial charge in [-0.2, -0.15) is 0 Å². The Morgan fingerprint density at radius 3 is 2.75 bits per heavy atom. The van der Waals surface area contributed by atoms with E-state index in [2.05, 4.69) is 32.7 Å². The fraction of sp³-hybridized carbons (Fsp3) is 0.500. The Balaban J connectivity index is 1.78. The van der Waals surface area contributed by atoms with E-state index in [1.807, 2.05) is 19.1 Å². The van der Waals surface area contributed by atoms with Crippen LogP contribution in [0.5, 0.6) is 0 Å². The van der Waals surface area contributed by atoms with Crippen molar-refractivity contribution in [2.24, 2.45) is 0 Å². The molecule has 0 aliphatic heterocycles. The minimum absolute atomic E-state index is 0.0817. The molecular weight excluding hydrogens is 254 g/mol. The molecule has 0 saturated carbocycles. The van der Waals surface area contributed by atoms with Crippen molar-refractivity contribution in [3.63, 3.8) is 0 Å². The zero-order valence-electron chi connectivity index (χ0n) is 12.0. The predicted octanol–water partition coefficient (Wildman–Crippen LogP) is 2.18. The number of nitrogens with zero attached hydrogens (tertiary/aromatic N) is 3. The maximum Gasteiger partial charge on any atom is 0.315 e. The topological polar surface area (TPSA) is 75.9 Å². The van der Waals surface area contributed by atoms with Crippen molar-refractivity contribution in [2.75, 3.05) is 18.4 Å². The van der Waals surface area contributed by atoms with Crippen LogP contribution in [-0.4, -0.2) is 28.3 Å². The summed E-state index contributed by atoms with van der Waals surface area (Å²) in [6, 6.07) is 4.55. The number of hydrogen-bond acceptors (Lipinski definition) is 6. The van der Waals surface area contributed by atoms with Gasteiger partial charge in [0, 0.05) is 18.9 Å². The molecule has 0 aliphatic carbocycles. The lowest BCUT2D eigenvalue weighted by Crippen LogP contribution is -2.19. The lowest BCUT2D eigenvalue weighted by molar-refractivity contribution is 0.423. The molecule has 0 aliphatic rings. The molecule has 108 valence electrons. The summed E-state index contributed by atoms with van der Waals surface area (Å²) in [6.45, 7) is 5.83. The second-order valence-corrected chi connectivity index (χ2v) is 4.65. The average Bonchev–Trinajstić information content (AvgIpc) is 2.95. The molecule has 0 radical (unpaired) electrons. The molecule has 0 amide bonds. The molecule has 0 spiro atoms. The predicted molar refractivity (Wildman–Crippen MR) is 77.4 cm³/mol. The van der Waals surface area contributed by atoms with Crippen LogP contribution in [0.1, 0.15) is 37.8 Å². The smallest absolute Gasteiger partial charge is 0.315 e. The molecule has 0 saturated heterocycles. The van der Waals surface area contributed by atoms with Gasteiger partial charge in [-0.1, -0.05) is 12.0 Å². The van der Waals surface area contributed by atoms with Crippen molar-refractivity contribution in [3.05, 3.63) is 36.0 Å². The Hall–Kier alpha value is -1.95. The van der Waals surface area contributed by atoms with Crippen LogP contribution in [0, 0.1) is 0 Å². The molecule has 2 N–H and O–H groups in total. The van der Waals surface area contributed by atoms with Gasteiger partial charge in [-0.3, -0.25) is 4.98 Å². The quantitative estimate of drug-likeness (QED) is 0.769. The van der Waals surface area contributed by atoms with Gasteiger partial charge >= 0.3 is 6.01 Å². The van der Waals surface area contributed by atoms with Gasteiger partial charge < -0.3 is 15.1 Å². The van der Waals surface area contributed by atoms with E-state index in [9.17, 15) is 0 Å². The highest BCUT2D eigenvalue weighted by Crippen LogP contribution is 2.13. The van der Waals surface area contributed by atoms with Crippen LogP contribution in [0.2, 0.25) is 0 Å². The summed E-state index contributed by atoms with van der Waals surface area (Å²) in [7, 11) is 0. The Kier molecular flexibility index (Phi) is 5.49. The number of nitrogens with one attached hydrogen (secondary N) is 2. The number of rotatable bonds is 8. The Labute approximate surface area is 119 Å². The van der Waals surface area contributed by atoms with Gasteiger partial charge in [-0.15, -0.1) is 5.10 Å². The van der Waals surface area contributed by atoms with Crippen LogP contribution in [0.4, 0.5) is 6.01 Å². The molecule has 2 aromatic heterocycles. The first-order valence-corrected chi connectivity index (χ1v) is 6.99. The Morgan fingerprint density at radius 1 is 1.20 bits per heavy atom. The van der Waals surface area contributed by atoms with Gasteiger partial charge in [0.15, 0.2) is 0 Å². The maximum absolute atomic E-state index is 5.57. The zero-order valence-corrected chi connectivity index (χ0v) is 12.0. The van der Waals surface area contributed by atoms with Gasteiger partial charge in [-0.05, 0) is 44.0 Å². The van der Waals surface area contributed by atoms with E-state index in [4.69, 9.17) is 4.42 Å². The van der Waals surface area contributed by atoms with Crippen molar-refractivity contribution in [3.8, 4) is 0 Å². The molecule has 20 heavy (non-hydrogen) atoms. The van der Waals surface area contributed by atoms with Crippen molar-refractivity contribution in [1.82, 2.24) is 20.5 Å². The van der Waals surface area contributed by atoms with E-state index < -0.39 is 0 Å². The SMILES string of the molecule is CCCNC(C)c1nnc(NCCc2ccncc2)o1. The summed E-state index contributed by atoms with van der Waals surface area (Å²) in [5.41, 5.74) is 1.23. The normalized spacial score (nSPS) is 12.3. The average molecular weight is 275 g/mol. The first-order valence-electron chi connectivity index (χ1n) is 6.99. The van der Waals surface area contributed by atoms with Gasteiger partial charge in [0.2, 0.25) is 5.89 Å². The van der Waals surface area contributed by atoms with Crippen LogP contribution in [0.25, 0.3) is 0 Å². The standard InChI is InChI=1S/C14H21N5O/c1-3-7-16-11(2)13-18-19-14(20-13)17-10-6-12-4-8-15-9-5-12/h4-5,8-9,11,16H,3,6-7,10H2,1-2H3,(H,17,19). The molecule has 2 rings (SSSR count). The zero-order chi connectivity index (χ0) is 14.2. The summed E-state index contributed by atoms with van der Waals surface area (Å²) >= 11 is 0. The minimum atomic E-state index is 0.0817. The van der Waals surface area contributed by atoms with Crippen LogP contribution in [0.3, 0.4) is 0 Å². The van der Waals surface area contributed by atoms with E-state index in [-0.39, 0.29) is 6.04 Å². The number of hydrogen-bond donors (Lipinski definition) is 2. The van der Waals surface area contributed by atoms with Gasteiger partial charge in [-0.25, -0.2) is 0 Å². The first kappa shape index (κ1) is 14.5. The molecular formula is C14H21N5O. The minimum Gasteiger partial charge on any atom is -0.406 e. The second-order valence-electron chi connectivity index (χ2n) is 4.65. The molecule has 6 nitrogen and oxygen atoms in total. The van der Waals surface area contributed by atoms with E-state index in [0.29, 0.717) is 11.9 Å². The highest BCUT2D eigenvalue weighted by molar-refractivity contribution is 5.19. The molecule has 2 heterocycles. The number of anilines is 1. The van der Waals surface area contributed by atoms with Crippen LogP contribution < -0.4 is 10.6 Å². The van der Waals surface area contributed by atoms with E-state index in [0.717, 1.165) is 25.9 Å². The monoisotopic (exact) mass is 275 g/mol. The fourth-order valence-corrected chi connectivity index (χ4v) is 1.79. The molecule has 0 fully saturated rings. The molecule has 1 atom stereocenters. The van der Waals surface area contributed by atoms with Gasteiger partial charge in [0.25, 0.3) is 0 Å². The number of pyridine rings is 1. The van der Waals surface area contributed by atoms with Crippen LogP contribution in [-0.2, 0) is 6.42 Å². The summed E-state index contributed by atoms with van der Waals surface area (Å²) in [6.07, 6.45) is 5.56. The molecule has 2 aromatic rings. The van der Waals surface area contributed by atoms with Crippen molar-refractivity contribution in [1.29, 1.82) is 0 Å². The largest absolute Gasteiger partial charge is 0.406 e. The molecule has 1 unspecified atom stereocenters. The number of aromatic nitrogens is 3. The van der Waals surface area contributed by atoms with Crippen molar-refractivity contribution < 1.29 is 4.42 Å². The fourth-order valence-electron chi connectivity index (χ4n) is 1.79. The van der Waals surface area contributed by atoms with Crippen molar-refractivity contribution in [2.45, 2.75) is 32.7 Å². The Bertz CT molecular complexity index is 499. The highest BCUT2D eigenvalue weighted by Gasteiger charge is 2.12. The lowest BCUT2D eigenvalue weighted by Gasteiger charge is -2.07. The third-order valence-electron chi connectivity index (χ3n) is 2.95. The van der Waals surface area contributed by atoms with E-state index >= 15 is 0 Å². The van der Waals surface area contributed by atoms with E-state index in [1.54, 1.807) is 12.4 Å². The second kappa shape index (κ2) is 7.59. The Morgan fingerprint density at radius 2 is 2.00 bits per heavy atom. The van der Waals surface area contributed by atoms with Crippen LogP contribution in [0.15, 0.2) is 28.9 Å². The summed E-state index contributed by atoms with van der Waals surface area (Å²) in [5.74, 6) is 0.616. The van der Waals surface area contributed by atoms with E-state index in [1.165, 1.54) is 5.56 Å². The first-order chi connectivity index (χ1) is 9.79.